The minimum atomic E-state index is 0.305. The average molecular weight is 265 g/mol. The number of aryl methyl sites for hydroxylation is 1. The second-order valence-corrected chi connectivity index (χ2v) is 6.49. The van der Waals surface area contributed by atoms with Crippen molar-refractivity contribution in [1.82, 2.24) is 0 Å². The summed E-state index contributed by atoms with van der Waals surface area (Å²) >= 11 is 4.53. The van der Waals surface area contributed by atoms with Crippen LogP contribution in [0.2, 0.25) is 0 Å². The zero-order chi connectivity index (χ0) is 13.8. The molecule has 1 atom stereocenters. The van der Waals surface area contributed by atoms with Crippen molar-refractivity contribution >= 4 is 18.3 Å². The first-order valence-electron chi connectivity index (χ1n) is 6.81. The second-order valence-electron chi connectivity index (χ2n) is 6.12. The highest BCUT2D eigenvalue weighted by Gasteiger charge is 2.25. The van der Waals surface area contributed by atoms with Crippen LogP contribution in [0, 0.1) is 18.3 Å². The first-order valence-corrected chi connectivity index (χ1v) is 7.44. The zero-order valence-electron chi connectivity index (χ0n) is 12.4. The lowest BCUT2D eigenvalue weighted by molar-refractivity contribution is 0.270. The van der Waals surface area contributed by atoms with E-state index in [2.05, 4.69) is 76.4 Å². The van der Waals surface area contributed by atoms with Crippen molar-refractivity contribution in [1.29, 1.82) is 0 Å². The Labute approximate surface area is 118 Å². The molecule has 1 unspecified atom stereocenters. The first-order chi connectivity index (χ1) is 8.38. The third-order valence-electron chi connectivity index (χ3n) is 3.63. The van der Waals surface area contributed by atoms with Crippen molar-refractivity contribution in [2.45, 2.75) is 34.6 Å². The standard InChI is InChI=1S/C16H27NS/c1-6-17(11-14(12-18)16(3,4)5)15-9-7-8-13(2)10-15/h7-10,14,18H,6,11-12H2,1-5H3. The molecule has 0 saturated heterocycles. The Morgan fingerprint density at radius 2 is 1.94 bits per heavy atom. The highest BCUT2D eigenvalue weighted by atomic mass is 32.1. The molecular weight excluding hydrogens is 238 g/mol. The Morgan fingerprint density at radius 3 is 2.39 bits per heavy atom. The molecule has 0 bridgehead atoms. The van der Waals surface area contributed by atoms with Gasteiger partial charge < -0.3 is 4.90 Å². The molecule has 1 rings (SSSR count). The number of thiol groups is 1. The van der Waals surface area contributed by atoms with Gasteiger partial charge in [0.25, 0.3) is 0 Å². The van der Waals surface area contributed by atoms with Crippen LogP contribution in [0.15, 0.2) is 24.3 Å². The monoisotopic (exact) mass is 265 g/mol. The highest BCUT2D eigenvalue weighted by Crippen LogP contribution is 2.29. The molecule has 0 amide bonds. The summed E-state index contributed by atoms with van der Waals surface area (Å²) in [5, 5.41) is 0. The van der Waals surface area contributed by atoms with Crippen LogP contribution < -0.4 is 4.90 Å². The molecule has 0 radical (unpaired) electrons. The molecule has 1 aromatic carbocycles. The van der Waals surface area contributed by atoms with E-state index in [1.54, 1.807) is 0 Å². The van der Waals surface area contributed by atoms with Gasteiger partial charge in [0.15, 0.2) is 0 Å². The van der Waals surface area contributed by atoms with E-state index in [1.165, 1.54) is 11.3 Å². The summed E-state index contributed by atoms with van der Waals surface area (Å²) in [6.45, 7) is 13.4. The average Bonchev–Trinajstić information content (AvgIpc) is 2.28. The molecular formula is C16H27NS. The Hall–Kier alpha value is -0.630. The van der Waals surface area contributed by atoms with E-state index in [1.807, 2.05) is 0 Å². The van der Waals surface area contributed by atoms with E-state index < -0.39 is 0 Å². The van der Waals surface area contributed by atoms with Crippen LogP contribution in [0.3, 0.4) is 0 Å². The van der Waals surface area contributed by atoms with Gasteiger partial charge in [0.05, 0.1) is 0 Å². The fourth-order valence-electron chi connectivity index (χ4n) is 2.11. The number of hydrogen-bond donors (Lipinski definition) is 1. The Kier molecular flexibility index (Phi) is 5.58. The van der Waals surface area contributed by atoms with E-state index in [0.29, 0.717) is 11.3 Å². The lowest BCUT2D eigenvalue weighted by Gasteiger charge is -2.35. The lowest BCUT2D eigenvalue weighted by Crippen LogP contribution is -2.36. The summed E-state index contributed by atoms with van der Waals surface area (Å²) < 4.78 is 0. The van der Waals surface area contributed by atoms with E-state index in [-0.39, 0.29) is 0 Å². The van der Waals surface area contributed by atoms with Gasteiger partial charge >= 0.3 is 0 Å². The Morgan fingerprint density at radius 1 is 1.28 bits per heavy atom. The largest absolute Gasteiger partial charge is 0.371 e. The van der Waals surface area contributed by atoms with Gasteiger partial charge in [-0.3, -0.25) is 0 Å². The lowest BCUT2D eigenvalue weighted by atomic mass is 9.81. The van der Waals surface area contributed by atoms with Crippen LogP contribution in [0.1, 0.15) is 33.3 Å². The van der Waals surface area contributed by atoms with Gasteiger partial charge in [-0.25, -0.2) is 0 Å². The Bertz CT molecular complexity index is 368. The van der Waals surface area contributed by atoms with E-state index in [9.17, 15) is 0 Å². The number of hydrogen-bond acceptors (Lipinski definition) is 2. The van der Waals surface area contributed by atoms with Crippen molar-refractivity contribution < 1.29 is 0 Å². The van der Waals surface area contributed by atoms with E-state index in [4.69, 9.17) is 0 Å². The van der Waals surface area contributed by atoms with Crippen LogP contribution in [-0.4, -0.2) is 18.8 Å². The van der Waals surface area contributed by atoms with Crippen molar-refractivity contribution in [2.75, 3.05) is 23.7 Å². The molecule has 18 heavy (non-hydrogen) atoms. The summed E-state index contributed by atoms with van der Waals surface area (Å²) in [6, 6.07) is 8.76. The van der Waals surface area contributed by atoms with Crippen LogP contribution in [-0.2, 0) is 0 Å². The number of benzene rings is 1. The number of anilines is 1. The van der Waals surface area contributed by atoms with Gasteiger partial charge in [0, 0.05) is 18.8 Å². The minimum absolute atomic E-state index is 0.305. The maximum absolute atomic E-state index is 4.53. The van der Waals surface area contributed by atoms with Crippen LogP contribution in [0.5, 0.6) is 0 Å². The molecule has 102 valence electrons. The molecule has 0 aliphatic heterocycles. The molecule has 1 nitrogen and oxygen atoms in total. The summed E-state index contributed by atoms with van der Waals surface area (Å²) in [7, 11) is 0. The summed E-state index contributed by atoms with van der Waals surface area (Å²) in [4.78, 5) is 2.46. The highest BCUT2D eigenvalue weighted by molar-refractivity contribution is 7.80. The second kappa shape index (κ2) is 6.51. The van der Waals surface area contributed by atoms with Gasteiger partial charge in [0.1, 0.15) is 0 Å². The quantitative estimate of drug-likeness (QED) is 0.772. The van der Waals surface area contributed by atoms with Crippen molar-refractivity contribution in [3.63, 3.8) is 0 Å². The van der Waals surface area contributed by atoms with Gasteiger partial charge in [-0.15, -0.1) is 0 Å². The maximum atomic E-state index is 4.53. The molecule has 0 fully saturated rings. The Balaban J connectivity index is 2.84. The van der Waals surface area contributed by atoms with Gasteiger partial charge in [-0.1, -0.05) is 32.9 Å². The number of rotatable bonds is 5. The summed E-state index contributed by atoms with van der Waals surface area (Å²) in [5.74, 6) is 1.53. The van der Waals surface area contributed by atoms with E-state index in [0.717, 1.165) is 18.8 Å². The fraction of sp³-hybridized carbons (Fsp3) is 0.625. The molecule has 0 spiro atoms. The van der Waals surface area contributed by atoms with Gasteiger partial charge in [-0.05, 0) is 48.6 Å². The molecule has 0 saturated carbocycles. The summed E-state index contributed by atoms with van der Waals surface area (Å²) in [6.07, 6.45) is 0. The molecule has 0 aliphatic rings. The predicted octanol–water partition coefficient (Wildman–Crippen LogP) is 4.41. The molecule has 0 aromatic heterocycles. The minimum Gasteiger partial charge on any atom is -0.371 e. The van der Waals surface area contributed by atoms with Crippen molar-refractivity contribution in [3.8, 4) is 0 Å². The molecule has 0 aliphatic carbocycles. The topological polar surface area (TPSA) is 3.24 Å². The number of nitrogens with zero attached hydrogens (tertiary/aromatic N) is 1. The maximum Gasteiger partial charge on any atom is 0.0368 e. The summed E-state index contributed by atoms with van der Waals surface area (Å²) in [5.41, 5.74) is 2.96. The van der Waals surface area contributed by atoms with Crippen molar-refractivity contribution in [3.05, 3.63) is 29.8 Å². The smallest absolute Gasteiger partial charge is 0.0368 e. The SMILES string of the molecule is CCN(CC(CS)C(C)(C)C)c1cccc(C)c1. The van der Waals surface area contributed by atoms with Crippen LogP contribution in [0.4, 0.5) is 5.69 Å². The molecule has 0 heterocycles. The first kappa shape index (κ1) is 15.4. The van der Waals surface area contributed by atoms with Crippen LogP contribution >= 0.6 is 12.6 Å². The molecule has 0 N–H and O–H groups in total. The molecule has 2 heteroatoms. The van der Waals surface area contributed by atoms with E-state index >= 15 is 0 Å². The van der Waals surface area contributed by atoms with Crippen molar-refractivity contribution in [2.24, 2.45) is 11.3 Å². The zero-order valence-corrected chi connectivity index (χ0v) is 13.3. The van der Waals surface area contributed by atoms with Gasteiger partial charge in [0.2, 0.25) is 0 Å². The van der Waals surface area contributed by atoms with Gasteiger partial charge in [-0.2, -0.15) is 12.6 Å². The third-order valence-corrected chi connectivity index (χ3v) is 4.08. The predicted molar refractivity (Wildman–Crippen MR) is 85.9 cm³/mol. The fourth-order valence-corrected chi connectivity index (χ4v) is 2.78. The van der Waals surface area contributed by atoms with Crippen LogP contribution in [0.25, 0.3) is 0 Å². The third kappa shape index (κ3) is 4.24. The molecule has 1 aromatic rings. The normalized spacial score (nSPS) is 13.4.